The first-order valence-corrected chi connectivity index (χ1v) is 5.05. The van der Waals surface area contributed by atoms with Crippen LogP contribution >= 0.6 is 0 Å². The van der Waals surface area contributed by atoms with Crippen LogP contribution in [0, 0.1) is 5.41 Å². The van der Waals surface area contributed by atoms with Crippen LogP contribution in [0.4, 0.5) is 0 Å². The Labute approximate surface area is 80.3 Å². The zero-order chi connectivity index (χ0) is 9.47. The highest BCUT2D eigenvalue weighted by atomic mass is 15.1. The van der Waals surface area contributed by atoms with E-state index in [4.69, 9.17) is 0 Å². The summed E-state index contributed by atoms with van der Waals surface area (Å²) < 4.78 is 0. The maximum absolute atomic E-state index is 4.54. The molecule has 0 saturated heterocycles. The third-order valence-electron chi connectivity index (χ3n) is 3.10. The van der Waals surface area contributed by atoms with Crippen LogP contribution in [0.1, 0.15) is 26.7 Å². The second kappa shape index (κ2) is 2.95. The van der Waals surface area contributed by atoms with Crippen molar-refractivity contribution in [3.05, 3.63) is 11.3 Å². The fourth-order valence-electron chi connectivity index (χ4n) is 2.50. The molecule has 1 spiro atoms. The van der Waals surface area contributed by atoms with Crippen molar-refractivity contribution in [1.29, 1.82) is 0 Å². The van der Waals surface area contributed by atoms with Crippen molar-refractivity contribution in [2.75, 3.05) is 20.1 Å². The topological polar surface area (TPSA) is 15.6 Å². The van der Waals surface area contributed by atoms with Crippen molar-refractivity contribution in [1.82, 2.24) is 4.90 Å². The minimum absolute atomic E-state index is 0.448. The summed E-state index contributed by atoms with van der Waals surface area (Å²) in [5.74, 6) is 0. The molecule has 0 atom stereocenters. The predicted molar refractivity (Wildman–Crippen MR) is 56.0 cm³/mol. The number of aliphatic imine (C=N–C) groups is 1. The number of likely N-dealkylation sites (N-methyl/N-ethyl adjacent to an activating group) is 1. The molecule has 0 aromatic carbocycles. The largest absolute Gasteiger partial charge is 0.301 e. The Morgan fingerprint density at radius 2 is 2.15 bits per heavy atom. The molecule has 0 aromatic heterocycles. The van der Waals surface area contributed by atoms with Gasteiger partial charge in [0.15, 0.2) is 0 Å². The third kappa shape index (κ3) is 1.44. The predicted octanol–water partition coefficient (Wildman–Crippen LogP) is 2.08. The zero-order valence-electron chi connectivity index (χ0n) is 8.80. The fraction of sp³-hybridized carbons (Fsp3) is 0.727. The van der Waals surface area contributed by atoms with Crippen LogP contribution < -0.4 is 0 Å². The van der Waals surface area contributed by atoms with Gasteiger partial charge < -0.3 is 4.90 Å². The van der Waals surface area contributed by atoms with E-state index in [0.717, 1.165) is 6.54 Å². The molecule has 0 radical (unpaired) electrons. The van der Waals surface area contributed by atoms with Crippen LogP contribution in [0.2, 0.25) is 0 Å². The van der Waals surface area contributed by atoms with Gasteiger partial charge in [0.05, 0.1) is 0 Å². The maximum atomic E-state index is 4.54. The van der Waals surface area contributed by atoms with Crippen molar-refractivity contribution >= 4 is 6.21 Å². The lowest BCUT2D eigenvalue weighted by atomic mass is 9.94. The van der Waals surface area contributed by atoms with Crippen LogP contribution in [0.15, 0.2) is 16.3 Å². The van der Waals surface area contributed by atoms with Gasteiger partial charge in [-0.25, -0.2) is 0 Å². The molecule has 72 valence electrons. The molecule has 1 heterocycles. The molecule has 1 aliphatic carbocycles. The van der Waals surface area contributed by atoms with Crippen molar-refractivity contribution in [2.45, 2.75) is 26.7 Å². The number of hydrogen-bond acceptors (Lipinski definition) is 2. The van der Waals surface area contributed by atoms with E-state index in [2.05, 4.69) is 23.9 Å². The van der Waals surface area contributed by atoms with E-state index in [1.165, 1.54) is 30.7 Å². The average Bonchev–Trinajstić information content (AvgIpc) is 2.78. The van der Waals surface area contributed by atoms with Gasteiger partial charge >= 0.3 is 0 Å². The molecular weight excluding hydrogens is 160 g/mol. The number of hydrogen-bond donors (Lipinski definition) is 0. The van der Waals surface area contributed by atoms with Crippen molar-refractivity contribution in [2.24, 2.45) is 10.4 Å². The lowest BCUT2D eigenvalue weighted by Gasteiger charge is -2.31. The van der Waals surface area contributed by atoms with Crippen LogP contribution in [-0.4, -0.2) is 31.3 Å². The number of rotatable bonds is 1. The molecule has 1 fully saturated rings. The van der Waals surface area contributed by atoms with Gasteiger partial charge in [-0.05, 0) is 39.3 Å². The van der Waals surface area contributed by atoms with E-state index in [1.807, 2.05) is 13.1 Å². The third-order valence-corrected chi connectivity index (χ3v) is 3.10. The molecule has 2 nitrogen and oxygen atoms in total. The minimum Gasteiger partial charge on any atom is -0.301 e. The Morgan fingerprint density at radius 1 is 1.46 bits per heavy atom. The molecule has 0 amide bonds. The van der Waals surface area contributed by atoms with Gasteiger partial charge in [-0.15, -0.1) is 0 Å². The smallest absolute Gasteiger partial charge is 0.0476 e. The highest BCUT2D eigenvalue weighted by molar-refractivity contribution is 5.56. The van der Waals surface area contributed by atoms with Gasteiger partial charge in [0, 0.05) is 30.4 Å². The highest BCUT2D eigenvalue weighted by Gasteiger charge is 2.49. The molecule has 0 N–H and O–H groups in total. The summed E-state index contributed by atoms with van der Waals surface area (Å²) >= 11 is 0. The van der Waals surface area contributed by atoms with Gasteiger partial charge in [0.25, 0.3) is 0 Å². The SMILES string of the molecule is C/C=N\C1=C(C)CN(C)CC12CC2. The molecule has 1 saturated carbocycles. The summed E-state index contributed by atoms with van der Waals surface area (Å²) in [6.45, 7) is 6.53. The van der Waals surface area contributed by atoms with Crippen LogP contribution in [-0.2, 0) is 0 Å². The van der Waals surface area contributed by atoms with E-state index in [-0.39, 0.29) is 0 Å². The molecule has 2 rings (SSSR count). The Hall–Kier alpha value is -0.630. The highest BCUT2D eigenvalue weighted by Crippen LogP contribution is 2.55. The molecule has 2 aliphatic rings. The fourth-order valence-corrected chi connectivity index (χ4v) is 2.50. The summed E-state index contributed by atoms with van der Waals surface area (Å²) in [6, 6.07) is 0. The first kappa shape index (κ1) is 8.95. The molecular formula is C11H18N2. The van der Waals surface area contributed by atoms with Crippen LogP contribution in [0.3, 0.4) is 0 Å². The van der Waals surface area contributed by atoms with E-state index in [1.54, 1.807) is 0 Å². The van der Waals surface area contributed by atoms with Gasteiger partial charge in [0.2, 0.25) is 0 Å². The lowest BCUT2D eigenvalue weighted by molar-refractivity contribution is 0.278. The van der Waals surface area contributed by atoms with Gasteiger partial charge in [-0.2, -0.15) is 0 Å². The molecule has 0 aromatic rings. The summed E-state index contributed by atoms with van der Waals surface area (Å²) in [7, 11) is 2.20. The Morgan fingerprint density at radius 3 is 2.69 bits per heavy atom. The quantitative estimate of drug-likeness (QED) is 0.561. The molecule has 0 unspecified atom stereocenters. The Kier molecular flexibility index (Phi) is 2.03. The first-order chi connectivity index (χ1) is 6.18. The maximum Gasteiger partial charge on any atom is 0.0476 e. The van der Waals surface area contributed by atoms with Crippen LogP contribution in [0.5, 0.6) is 0 Å². The van der Waals surface area contributed by atoms with Crippen molar-refractivity contribution in [3.8, 4) is 0 Å². The van der Waals surface area contributed by atoms with Crippen molar-refractivity contribution < 1.29 is 0 Å². The Bertz CT molecular complexity index is 272. The first-order valence-electron chi connectivity index (χ1n) is 5.05. The number of nitrogens with zero attached hydrogens (tertiary/aromatic N) is 2. The van der Waals surface area contributed by atoms with Gasteiger partial charge in [0.1, 0.15) is 0 Å². The summed E-state index contributed by atoms with van der Waals surface area (Å²) in [5.41, 5.74) is 3.29. The normalized spacial score (nSPS) is 27.6. The summed E-state index contributed by atoms with van der Waals surface area (Å²) in [5, 5.41) is 0. The second-order valence-electron chi connectivity index (χ2n) is 4.47. The van der Waals surface area contributed by atoms with E-state index < -0.39 is 0 Å². The molecule has 2 heteroatoms. The molecule has 0 bridgehead atoms. The van der Waals surface area contributed by atoms with Gasteiger partial charge in [-0.1, -0.05) is 0 Å². The van der Waals surface area contributed by atoms with Gasteiger partial charge in [-0.3, -0.25) is 4.99 Å². The van der Waals surface area contributed by atoms with E-state index in [0.29, 0.717) is 5.41 Å². The molecule has 13 heavy (non-hydrogen) atoms. The minimum atomic E-state index is 0.448. The zero-order valence-corrected chi connectivity index (χ0v) is 8.80. The summed E-state index contributed by atoms with van der Waals surface area (Å²) in [6.07, 6.45) is 4.60. The van der Waals surface area contributed by atoms with Crippen molar-refractivity contribution in [3.63, 3.8) is 0 Å². The van der Waals surface area contributed by atoms with E-state index >= 15 is 0 Å². The standard InChI is InChI=1S/C11H18N2/c1-4-12-10-9(2)7-13(3)8-11(10)5-6-11/h4H,5-8H2,1-3H3/b12-4-. The molecule has 1 aliphatic heterocycles. The van der Waals surface area contributed by atoms with Crippen LogP contribution in [0.25, 0.3) is 0 Å². The van der Waals surface area contributed by atoms with E-state index in [9.17, 15) is 0 Å². The Balaban J connectivity index is 2.32. The monoisotopic (exact) mass is 178 g/mol. The lowest BCUT2D eigenvalue weighted by Crippen LogP contribution is -2.34. The second-order valence-corrected chi connectivity index (χ2v) is 4.47. The average molecular weight is 178 g/mol. The summed E-state index contributed by atoms with van der Waals surface area (Å²) in [4.78, 5) is 6.96.